The monoisotopic (exact) mass is 189 g/mol. The van der Waals surface area contributed by atoms with Gasteiger partial charge in [0.2, 0.25) is 0 Å². The lowest BCUT2D eigenvalue weighted by Crippen LogP contribution is -2.24. The van der Waals surface area contributed by atoms with Gasteiger partial charge >= 0.3 is 0 Å². The Bertz CT molecular complexity index is 282. The predicted octanol–water partition coefficient (Wildman–Crippen LogP) is 2.94. The Balaban J connectivity index is 2.71. The van der Waals surface area contributed by atoms with Gasteiger partial charge in [-0.2, -0.15) is 0 Å². The van der Waals surface area contributed by atoms with Crippen LogP contribution in [0.3, 0.4) is 0 Å². The Kier molecular flexibility index (Phi) is 4.41. The smallest absolute Gasteiger partial charge is 0.0166 e. The Labute approximate surface area is 87.1 Å². The van der Waals surface area contributed by atoms with Gasteiger partial charge in [0.1, 0.15) is 0 Å². The van der Waals surface area contributed by atoms with E-state index in [0.29, 0.717) is 0 Å². The lowest BCUT2D eigenvalue weighted by molar-refractivity contribution is 0.361. The number of nitrogens with zero attached hydrogens (tertiary/aromatic N) is 1. The van der Waals surface area contributed by atoms with Crippen LogP contribution in [0, 0.1) is 0 Å². The van der Waals surface area contributed by atoms with Gasteiger partial charge in [-0.25, -0.2) is 0 Å². The maximum absolute atomic E-state index is 3.68. The van der Waals surface area contributed by atoms with Crippen molar-refractivity contribution in [1.29, 1.82) is 0 Å². The fourth-order valence-corrected chi connectivity index (χ4v) is 1.59. The molecule has 1 rings (SSSR count). The third kappa shape index (κ3) is 3.00. The van der Waals surface area contributed by atoms with Crippen molar-refractivity contribution in [3.05, 3.63) is 48.1 Å². The molecule has 0 saturated heterocycles. The van der Waals surface area contributed by atoms with E-state index in [0.717, 1.165) is 19.5 Å². The zero-order chi connectivity index (χ0) is 10.4. The van der Waals surface area contributed by atoms with E-state index in [1.807, 2.05) is 12.2 Å². The second-order valence-electron chi connectivity index (χ2n) is 3.58. The molecule has 0 amide bonds. The molecule has 0 bridgehead atoms. The van der Waals surface area contributed by atoms with Crippen LogP contribution < -0.4 is 0 Å². The first-order chi connectivity index (χ1) is 6.77. The maximum atomic E-state index is 3.68. The Hall–Kier alpha value is -1.08. The van der Waals surface area contributed by atoms with E-state index in [2.05, 4.69) is 43.7 Å². The largest absolute Gasteiger partial charge is 0.302 e. The standard InChI is InChI=1S/C13H19N/c1-4-6-7-12(5-2)13-8-10-14(3)11-9-13/h4-8H,1,9-11H2,2-3H3/b7-6-,12-5+. The summed E-state index contributed by atoms with van der Waals surface area (Å²) in [5.74, 6) is 0. The minimum Gasteiger partial charge on any atom is -0.302 e. The minimum atomic E-state index is 1.06. The number of likely N-dealkylation sites (N-methyl/N-ethyl adjacent to an activating group) is 1. The van der Waals surface area contributed by atoms with Crippen LogP contribution in [0.5, 0.6) is 0 Å². The number of allylic oxidation sites excluding steroid dienone is 5. The van der Waals surface area contributed by atoms with E-state index in [1.54, 1.807) is 0 Å². The molecular weight excluding hydrogens is 170 g/mol. The first-order valence-corrected chi connectivity index (χ1v) is 5.11. The molecule has 0 spiro atoms. The highest BCUT2D eigenvalue weighted by molar-refractivity contribution is 5.41. The zero-order valence-electron chi connectivity index (χ0n) is 9.16. The third-order valence-corrected chi connectivity index (χ3v) is 2.51. The van der Waals surface area contributed by atoms with E-state index >= 15 is 0 Å². The molecule has 0 atom stereocenters. The summed E-state index contributed by atoms with van der Waals surface area (Å²) >= 11 is 0. The first kappa shape index (κ1) is 11.0. The molecule has 0 radical (unpaired) electrons. The Morgan fingerprint density at radius 1 is 1.57 bits per heavy atom. The van der Waals surface area contributed by atoms with E-state index in [1.165, 1.54) is 11.1 Å². The van der Waals surface area contributed by atoms with Crippen LogP contribution in [0.25, 0.3) is 0 Å². The van der Waals surface area contributed by atoms with Crippen molar-refractivity contribution in [3.8, 4) is 0 Å². The average molecular weight is 189 g/mol. The highest BCUT2D eigenvalue weighted by atomic mass is 15.1. The van der Waals surface area contributed by atoms with Crippen LogP contribution in [0.4, 0.5) is 0 Å². The third-order valence-electron chi connectivity index (χ3n) is 2.51. The molecule has 1 nitrogen and oxygen atoms in total. The van der Waals surface area contributed by atoms with E-state index in [4.69, 9.17) is 0 Å². The van der Waals surface area contributed by atoms with Crippen molar-refractivity contribution in [3.63, 3.8) is 0 Å². The quantitative estimate of drug-likeness (QED) is 0.617. The second kappa shape index (κ2) is 5.61. The van der Waals surface area contributed by atoms with Gasteiger partial charge in [-0.05, 0) is 31.5 Å². The summed E-state index contributed by atoms with van der Waals surface area (Å²) in [6.07, 6.45) is 11.6. The van der Waals surface area contributed by atoms with Crippen molar-refractivity contribution in [2.24, 2.45) is 0 Å². The summed E-state index contributed by atoms with van der Waals surface area (Å²) in [7, 11) is 2.15. The molecule has 1 aliphatic rings. The van der Waals surface area contributed by atoms with Crippen LogP contribution in [0.2, 0.25) is 0 Å². The first-order valence-electron chi connectivity index (χ1n) is 5.11. The predicted molar refractivity (Wildman–Crippen MR) is 63.3 cm³/mol. The van der Waals surface area contributed by atoms with Crippen molar-refractivity contribution >= 4 is 0 Å². The molecule has 14 heavy (non-hydrogen) atoms. The lowest BCUT2D eigenvalue weighted by Gasteiger charge is -2.22. The summed E-state index contributed by atoms with van der Waals surface area (Å²) < 4.78 is 0. The normalized spacial score (nSPS) is 19.9. The molecule has 0 unspecified atom stereocenters. The molecule has 1 heteroatoms. The Morgan fingerprint density at radius 2 is 2.36 bits per heavy atom. The van der Waals surface area contributed by atoms with Gasteiger partial charge in [0.15, 0.2) is 0 Å². The van der Waals surface area contributed by atoms with Gasteiger partial charge in [-0.15, -0.1) is 0 Å². The lowest BCUT2D eigenvalue weighted by atomic mass is 9.99. The number of hydrogen-bond acceptors (Lipinski definition) is 1. The summed E-state index contributed by atoms with van der Waals surface area (Å²) in [5.41, 5.74) is 2.79. The van der Waals surface area contributed by atoms with E-state index in [-0.39, 0.29) is 0 Å². The molecule has 0 aliphatic carbocycles. The topological polar surface area (TPSA) is 3.24 Å². The van der Waals surface area contributed by atoms with Crippen LogP contribution in [-0.4, -0.2) is 25.0 Å². The van der Waals surface area contributed by atoms with Crippen LogP contribution in [0.15, 0.2) is 48.1 Å². The van der Waals surface area contributed by atoms with Crippen molar-refractivity contribution in [2.75, 3.05) is 20.1 Å². The SMILES string of the molecule is C=C/C=C\C(=C/C)C1=CCN(C)CC1. The second-order valence-corrected chi connectivity index (χ2v) is 3.58. The van der Waals surface area contributed by atoms with E-state index < -0.39 is 0 Å². The van der Waals surface area contributed by atoms with Gasteiger partial charge in [-0.1, -0.05) is 37.0 Å². The van der Waals surface area contributed by atoms with Crippen molar-refractivity contribution in [1.82, 2.24) is 4.90 Å². The van der Waals surface area contributed by atoms with Crippen molar-refractivity contribution in [2.45, 2.75) is 13.3 Å². The van der Waals surface area contributed by atoms with Crippen LogP contribution in [0.1, 0.15) is 13.3 Å². The van der Waals surface area contributed by atoms with Gasteiger partial charge in [0.25, 0.3) is 0 Å². The zero-order valence-corrected chi connectivity index (χ0v) is 9.16. The molecular formula is C13H19N. The Morgan fingerprint density at radius 3 is 2.86 bits per heavy atom. The van der Waals surface area contributed by atoms with Crippen LogP contribution >= 0.6 is 0 Å². The molecule has 0 aromatic rings. The fourth-order valence-electron chi connectivity index (χ4n) is 1.59. The molecule has 0 fully saturated rings. The number of rotatable bonds is 3. The molecule has 1 heterocycles. The summed E-state index contributed by atoms with van der Waals surface area (Å²) in [6, 6.07) is 0. The van der Waals surface area contributed by atoms with E-state index in [9.17, 15) is 0 Å². The van der Waals surface area contributed by atoms with Crippen LogP contribution in [-0.2, 0) is 0 Å². The average Bonchev–Trinajstić information content (AvgIpc) is 2.21. The summed E-state index contributed by atoms with van der Waals surface area (Å²) in [4.78, 5) is 2.33. The summed E-state index contributed by atoms with van der Waals surface area (Å²) in [6.45, 7) is 7.99. The molecule has 0 saturated carbocycles. The maximum Gasteiger partial charge on any atom is 0.0166 e. The minimum absolute atomic E-state index is 1.06. The highest BCUT2D eigenvalue weighted by Crippen LogP contribution is 2.19. The number of hydrogen-bond donors (Lipinski definition) is 0. The molecule has 0 aromatic carbocycles. The molecule has 0 aromatic heterocycles. The van der Waals surface area contributed by atoms with Gasteiger partial charge in [0, 0.05) is 13.1 Å². The van der Waals surface area contributed by atoms with Gasteiger partial charge in [-0.3, -0.25) is 0 Å². The van der Waals surface area contributed by atoms with Gasteiger partial charge in [0.05, 0.1) is 0 Å². The molecule has 0 N–H and O–H groups in total. The van der Waals surface area contributed by atoms with Crippen molar-refractivity contribution < 1.29 is 0 Å². The highest BCUT2D eigenvalue weighted by Gasteiger charge is 2.08. The van der Waals surface area contributed by atoms with Gasteiger partial charge < -0.3 is 4.90 Å². The fraction of sp³-hybridized carbons (Fsp3) is 0.385. The molecule has 1 aliphatic heterocycles. The summed E-state index contributed by atoms with van der Waals surface area (Å²) in [5, 5.41) is 0. The molecule has 76 valence electrons.